The number of hydrogen-bond acceptors (Lipinski definition) is 2. The number of nitrogens with one attached hydrogen (secondary N) is 1. The lowest BCUT2D eigenvalue weighted by Crippen LogP contribution is -2.35. The summed E-state index contributed by atoms with van der Waals surface area (Å²) in [5.74, 6) is -5.34. The van der Waals surface area contributed by atoms with Gasteiger partial charge < -0.3 is 10.1 Å². The van der Waals surface area contributed by atoms with Crippen LogP contribution in [0.15, 0.2) is 18.2 Å². The molecule has 1 unspecified atom stereocenters. The topological polar surface area (TPSA) is 21.3 Å². The van der Waals surface area contributed by atoms with Crippen molar-refractivity contribution < 1.29 is 26.7 Å². The van der Waals surface area contributed by atoms with Gasteiger partial charge in [-0.05, 0) is 44.0 Å². The van der Waals surface area contributed by atoms with Gasteiger partial charge in [-0.2, -0.15) is 22.0 Å². The van der Waals surface area contributed by atoms with Crippen molar-refractivity contribution in [3.8, 4) is 5.75 Å². The van der Waals surface area contributed by atoms with E-state index in [1.165, 1.54) is 12.1 Å². The first-order valence-electron chi connectivity index (χ1n) is 6.63. The molecule has 21 heavy (non-hydrogen) atoms. The normalized spacial score (nSPS) is 19.8. The van der Waals surface area contributed by atoms with E-state index in [0.29, 0.717) is 5.56 Å². The van der Waals surface area contributed by atoms with Crippen LogP contribution in [0.3, 0.4) is 0 Å². The lowest BCUT2D eigenvalue weighted by Gasteiger charge is -2.23. The van der Waals surface area contributed by atoms with Crippen LogP contribution in [0.1, 0.15) is 24.0 Å². The van der Waals surface area contributed by atoms with E-state index in [2.05, 4.69) is 5.32 Å². The fourth-order valence-corrected chi connectivity index (χ4v) is 2.25. The van der Waals surface area contributed by atoms with E-state index in [9.17, 15) is 22.0 Å². The number of aryl methyl sites for hydroxylation is 1. The highest BCUT2D eigenvalue weighted by Crippen LogP contribution is 2.47. The van der Waals surface area contributed by atoms with Crippen LogP contribution in [0, 0.1) is 6.92 Å². The molecular formula is C14H16F5NO. The van der Waals surface area contributed by atoms with Crippen LogP contribution in [-0.2, 0) is 5.92 Å². The first-order valence-corrected chi connectivity index (χ1v) is 6.63. The summed E-state index contributed by atoms with van der Waals surface area (Å²) in [5.41, 5.74) is -0.579. The Morgan fingerprint density at radius 1 is 1.24 bits per heavy atom. The predicted octanol–water partition coefficient (Wildman–Crippen LogP) is 3.78. The van der Waals surface area contributed by atoms with Crippen LogP contribution >= 0.6 is 0 Å². The Bertz CT molecular complexity index is 495. The van der Waals surface area contributed by atoms with Gasteiger partial charge in [-0.15, -0.1) is 0 Å². The van der Waals surface area contributed by atoms with Gasteiger partial charge in [0.05, 0.1) is 5.56 Å². The third-order valence-corrected chi connectivity index (χ3v) is 3.43. The minimum absolute atomic E-state index is 0.0159. The van der Waals surface area contributed by atoms with E-state index in [1.54, 1.807) is 6.92 Å². The Hall–Kier alpha value is -1.37. The fourth-order valence-electron chi connectivity index (χ4n) is 2.25. The smallest absolute Gasteiger partial charge is 0.458 e. The maximum absolute atomic E-state index is 13.5. The molecule has 1 atom stereocenters. The third kappa shape index (κ3) is 3.45. The minimum atomic E-state index is -5.65. The molecule has 1 N–H and O–H groups in total. The largest absolute Gasteiger partial charge is 0.491 e. The van der Waals surface area contributed by atoms with Gasteiger partial charge in [0.2, 0.25) is 0 Å². The van der Waals surface area contributed by atoms with Crippen molar-refractivity contribution in [2.45, 2.75) is 37.9 Å². The molecule has 0 spiro atoms. The summed E-state index contributed by atoms with van der Waals surface area (Å²) in [7, 11) is 0. The summed E-state index contributed by atoms with van der Waals surface area (Å²) >= 11 is 0. The van der Waals surface area contributed by atoms with Gasteiger partial charge in [0, 0.05) is 6.04 Å². The molecule has 1 heterocycles. The molecule has 7 heteroatoms. The third-order valence-electron chi connectivity index (χ3n) is 3.43. The lowest BCUT2D eigenvalue weighted by molar-refractivity contribution is -0.289. The average molecular weight is 309 g/mol. The van der Waals surface area contributed by atoms with Crippen molar-refractivity contribution in [1.29, 1.82) is 0 Å². The molecule has 1 fully saturated rings. The van der Waals surface area contributed by atoms with Gasteiger partial charge in [-0.3, -0.25) is 0 Å². The number of rotatable bonds is 4. The van der Waals surface area contributed by atoms with E-state index in [4.69, 9.17) is 4.74 Å². The molecule has 1 aromatic rings. The number of benzene rings is 1. The van der Waals surface area contributed by atoms with E-state index in [1.807, 2.05) is 0 Å². The first-order chi connectivity index (χ1) is 9.72. The second-order valence-corrected chi connectivity index (χ2v) is 5.18. The molecule has 0 aromatic heterocycles. The van der Waals surface area contributed by atoms with Crippen molar-refractivity contribution in [1.82, 2.24) is 5.32 Å². The minimum Gasteiger partial charge on any atom is -0.491 e. The van der Waals surface area contributed by atoms with Crippen LogP contribution in [0.4, 0.5) is 22.0 Å². The fraction of sp³-hybridized carbons (Fsp3) is 0.571. The van der Waals surface area contributed by atoms with Crippen LogP contribution in [0.5, 0.6) is 5.75 Å². The Morgan fingerprint density at radius 2 is 1.95 bits per heavy atom. The standard InChI is InChI=1S/C14H16F5NO/c1-9-4-5-11(13(15,16)14(17,18)19)12(7-9)21-8-10-3-2-6-20-10/h4-5,7,10,20H,2-3,6,8H2,1H3. The predicted molar refractivity (Wildman–Crippen MR) is 67.6 cm³/mol. The quantitative estimate of drug-likeness (QED) is 0.855. The van der Waals surface area contributed by atoms with Crippen LogP contribution in [-0.4, -0.2) is 25.4 Å². The zero-order chi connectivity index (χ0) is 15.7. The molecule has 0 saturated carbocycles. The Labute approximate surface area is 119 Å². The van der Waals surface area contributed by atoms with E-state index >= 15 is 0 Å². The van der Waals surface area contributed by atoms with Gasteiger partial charge >= 0.3 is 12.1 Å². The summed E-state index contributed by atoms with van der Waals surface area (Å²) in [6.07, 6.45) is -3.89. The molecule has 1 saturated heterocycles. The van der Waals surface area contributed by atoms with E-state index in [0.717, 1.165) is 25.5 Å². The molecule has 118 valence electrons. The summed E-state index contributed by atoms with van der Waals surface area (Å²) in [5, 5.41) is 3.10. The molecule has 1 aromatic carbocycles. The van der Waals surface area contributed by atoms with Crippen LogP contribution < -0.4 is 10.1 Å². The van der Waals surface area contributed by atoms with Gasteiger partial charge in [-0.1, -0.05) is 6.07 Å². The molecule has 0 amide bonds. The monoisotopic (exact) mass is 309 g/mol. The first kappa shape index (κ1) is 16.0. The lowest BCUT2D eigenvalue weighted by atomic mass is 10.0. The second kappa shape index (κ2) is 5.79. The number of alkyl halides is 5. The van der Waals surface area contributed by atoms with Crippen molar-refractivity contribution in [3.05, 3.63) is 29.3 Å². The molecule has 0 bridgehead atoms. The summed E-state index contributed by atoms with van der Waals surface area (Å²) in [6, 6.07) is 3.19. The van der Waals surface area contributed by atoms with Crippen LogP contribution in [0.25, 0.3) is 0 Å². The highest BCUT2D eigenvalue weighted by molar-refractivity contribution is 5.40. The maximum Gasteiger partial charge on any atom is 0.458 e. The van der Waals surface area contributed by atoms with Gasteiger partial charge in [0.25, 0.3) is 0 Å². The Kier molecular flexibility index (Phi) is 4.41. The molecule has 2 rings (SSSR count). The van der Waals surface area contributed by atoms with Crippen molar-refractivity contribution in [2.75, 3.05) is 13.2 Å². The molecule has 0 aliphatic carbocycles. The molecule has 0 radical (unpaired) electrons. The zero-order valence-electron chi connectivity index (χ0n) is 11.4. The zero-order valence-corrected chi connectivity index (χ0v) is 11.4. The Morgan fingerprint density at radius 3 is 2.52 bits per heavy atom. The highest BCUT2D eigenvalue weighted by Gasteiger charge is 2.60. The van der Waals surface area contributed by atoms with Crippen molar-refractivity contribution in [2.24, 2.45) is 0 Å². The SMILES string of the molecule is Cc1ccc(C(F)(F)C(F)(F)F)c(OCC2CCCN2)c1. The average Bonchev–Trinajstić information content (AvgIpc) is 2.87. The number of ether oxygens (including phenoxy) is 1. The van der Waals surface area contributed by atoms with E-state index in [-0.39, 0.29) is 12.6 Å². The maximum atomic E-state index is 13.5. The molecule has 2 nitrogen and oxygen atoms in total. The molecule has 1 aliphatic heterocycles. The Balaban J connectivity index is 2.24. The van der Waals surface area contributed by atoms with Crippen LogP contribution in [0.2, 0.25) is 0 Å². The summed E-state index contributed by atoms with van der Waals surface area (Å²) < 4.78 is 69.9. The molecule has 1 aliphatic rings. The van der Waals surface area contributed by atoms with Crippen molar-refractivity contribution >= 4 is 0 Å². The van der Waals surface area contributed by atoms with Crippen molar-refractivity contribution in [3.63, 3.8) is 0 Å². The summed E-state index contributed by atoms with van der Waals surface area (Å²) in [6.45, 7) is 2.48. The summed E-state index contributed by atoms with van der Waals surface area (Å²) in [4.78, 5) is 0. The molecular weight excluding hydrogens is 293 g/mol. The van der Waals surface area contributed by atoms with Gasteiger partial charge in [0.15, 0.2) is 0 Å². The number of halogens is 5. The van der Waals surface area contributed by atoms with Gasteiger partial charge in [0.1, 0.15) is 12.4 Å². The van der Waals surface area contributed by atoms with E-state index < -0.39 is 23.4 Å². The van der Waals surface area contributed by atoms with Gasteiger partial charge in [-0.25, -0.2) is 0 Å². The second-order valence-electron chi connectivity index (χ2n) is 5.18. The highest BCUT2D eigenvalue weighted by atomic mass is 19.4. The number of hydrogen-bond donors (Lipinski definition) is 1.